The molecule has 0 atom stereocenters. The molecule has 0 heterocycles. The molecule has 2 aromatic rings. The third-order valence-corrected chi connectivity index (χ3v) is 2.53. The fourth-order valence-corrected chi connectivity index (χ4v) is 1.65. The third-order valence-electron chi connectivity index (χ3n) is 2.53. The zero-order chi connectivity index (χ0) is 12.8. The fraction of sp³-hybridized carbons (Fsp3) is 0. The van der Waals surface area contributed by atoms with E-state index in [2.05, 4.69) is 12.1 Å². The standard InChI is InChI=1S/C16H10N2/c17-11-14-7-4-8-15(10-14)16(12-18)9-13-5-2-1-3-6-13/h1-10H/b16-9+. The normalized spacial score (nSPS) is 10.4. The van der Waals surface area contributed by atoms with Gasteiger partial charge >= 0.3 is 0 Å². The Kier molecular flexibility index (Phi) is 3.54. The van der Waals surface area contributed by atoms with E-state index < -0.39 is 0 Å². The first-order chi connectivity index (χ1) is 8.83. The smallest absolute Gasteiger partial charge is 0.0998 e. The van der Waals surface area contributed by atoms with Crippen molar-refractivity contribution >= 4 is 11.6 Å². The number of benzene rings is 2. The van der Waals surface area contributed by atoms with Crippen molar-refractivity contribution in [3.8, 4) is 12.1 Å². The van der Waals surface area contributed by atoms with Gasteiger partial charge in [0.2, 0.25) is 0 Å². The van der Waals surface area contributed by atoms with Crippen LogP contribution < -0.4 is 0 Å². The minimum Gasteiger partial charge on any atom is -0.192 e. The van der Waals surface area contributed by atoms with Crippen molar-refractivity contribution in [1.82, 2.24) is 0 Å². The Bertz CT molecular complexity index is 655. The lowest BCUT2D eigenvalue weighted by molar-refractivity contribution is 1.47. The van der Waals surface area contributed by atoms with Crippen molar-refractivity contribution in [1.29, 1.82) is 10.5 Å². The van der Waals surface area contributed by atoms with Gasteiger partial charge in [-0.2, -0.15) is 10.5 Å². The molecule has 2 heteroatoms. The highest BCUT2D eigenvalue weighted by molar-refractivity contribution is 5.89. The van der Waals surface area contributed by atoms with E-state index in [9.17, 15) is 5.26 Å². The molecule has 0 bridgehead atoms. The molecule has 0 amide bonds. The maximum atomic E-state index is 9.20. The first-order valence-electron chi connectivity index (χ1n) is 5.51. The SMILES string of the molecule is N#C/C(=C\c1ccccc1)c1cccc(C#N)c1. The Morgan fingerprint density at radius 1 is 0.944 bits per heavy atom. The lowest BCUT2D eigenvalue weighted by Gasteiger charge is -2.00. The van der Waals surface area contributed by atoms with E-state index >= 15 is 0 Å². The molecular formula is C16H10N2. The predicted octanol–water partition coefficient (Wildman–Crippen LogP) is 3.62. The first-order valence-corrected chi connectivity index (χ1v) is 5.51. The topological polar surface area (TPSA) is 47.6 Å². The molecule has 0 aliphatic heterocycles. The average Bonchev–Trinajstić information content (AvgIpc) is 2.46. The summed E-state index contributed by atoms with van der Waals surface area (Å²) < 4.78 is 0. The Balaban J connectivity index is 2.44. The van der Waals surface area contributed by atoms with Crippen molar-refractivity contribution in [2.24, 2.45) is 0 Å². The van der Waals surface area contributed by atoms with Gasteiger partial charge in [-0.15, -0.1) is 0 Å². The molecule has 0 aliphatic carbocycles. The van der Waals surface area contributed by atoms with Crippen molar-refractivity contribution in [3.63, 3.8) is 0 Å². The van der Waals surface area contributed by atoms with Gasteiger partial charge in [-0.05, 0) is 29.3 Å². The molecule has 2 aromatic carbocycles. The second-order valence-electron chi connectivity index (χ2n) is 3.77. The van der Waals surface area contributed by atoms with Gasteiger partial charge in [0.15, 0.2) is 0 Å². The Hall–Kier alpha value is -2.84. The molecule has 2 rings (SSSR count). The van der Waals surface area contributed by atoms with Gasteiger partial charge in [-0.3, -0.25) is 0 Å². The molecule has 0 aromatic heterocycles. The molecule has 84 valence electrons. The molecule has 0 N–H and O–H groups in total. The lowest BCUT2D eigenvalue weighted by Crippen LogP contribution is -1.83. The van der Waals surface area contributed by atoms with Crippen molar-refractivity contribution < 1.29 is 0 Å². The van der Waals surface area contributed by atoms with E-state index in [1.54, 1.807) is 18.2 Å². The van der Waals surface area contributed by atoms with Crippen molar-refractivity contribution in [2.45, 2.75) is 0 Å². The van der Waals surface area contributed by atoms with Crippen LogP contribution in [0.4, 0.5) is 0 Å². The second kappa shape index (κ2) is 5.48. The number of hydrogen-bond donors (Lipinski definition) is 0. The summed E-state index contributed by atoms with van der Waals surface area (Å²) in [6.07, 6.45) is 1.82. The summed E-state index contributed by atoms with van der Waals surface area (Å²) in [5, 5.41) is 18.1. The summed E-state index contributed by atoms with van der Waals surface area (Å²) in [5.41, 5.74) is 2.84. The van der Waals surface area contributed by atoms with E-state index in [1.807, 2.05) is 42.5 Å². The minimum atomic E-state index is 0.554. The summed E-state index contributed by atoms with van der Waals surface area (Å²) in [5.74, 6) is 0. The highest BCUT2D eigenvalue weighted by atomic mass is 14.3. The van der Waals surface area contributed by atoms with Gasteiger partial charge in [0.25, 0.3) is 0 Å². The molecule has 0 saturated heterocycles. The molecular weight excluding hydrogens is 220 g/mol. The molecule has 0 unspecified atom stereocenters. The molecule has 0 aliphatic rings. The van der Waals surface area contributed by atoms with E-state index in [0.29, 0.717) is 11.1 Å². The average molecular weight is 230 g/mol. The van der Waals surface area contributed by atoms with Crippen LogP contribution in [0.3, 0.4) is 0 Å². The molecule has 0 fully saturated rings. The monoisotopic (exact) mass is 230 g/mol. The highest BCUT2D eigenvalue weighted by Crippen LogP contribution is 2.18. The predicted molar refractivity (Wildman–Crippen MR) is 71.1 cm³/mol. The van der Waals surface area contributed by atoms with Crippen LogP contribution in [0, 0.1) is 22.7 Å². The second-order valence-corrected chi connectivity index (χ2v) is 3.77. The Morgan fingerprint density at radius 2 is 1.72 bits per heavy atom. The van der Waals surface area contributed by atoms with Crippen molar-refractivity contribution in [2.75, 3.05) is 0 Å². The van der Waals surface area contributed by atoms with Gasteiger partial charge in [-0.1, -0.05) is 42.5 Å². The summed E-state index contributed by atoms with van der Waals surface area (Å²) >= 11 is 0. The number of rotatable bonds is 2. The van der Waals surface area contributed by atoms with Crippen LogP contribution in [0.25, 0.3) is 11.6 Å². The van der Waals surface area contributed by atoms with E-state index in [-0.39, 0.29) is 0 Å². The van der Waals surface area contributed by atoms with Crippen LogP contribution in [0.15, 0.2) is 54.6 Å². The maximum Gasteiger partial charge on any atom is 0.0998 e. The van der Waals surface area contributed by atoms with Gasteiger partial charge in [-0.25, -0.2) is 0 Å². The summed E-state index contributed by atoms with van der Waals surface area (Å²) in [4.78, 5) is 0. The quantitative estimate of drug-likeness (QED) is 0.584. The molecule has 0 saturated carbocycles. The maximum absolute atomic E-state index is 9.20. The van der Waals surface area contributed by atoms with Gasteiger partial charge < -0.3 is 0 Å². The summed E-state index contributed by atoms with van der Waals surface area (Å²) in [6.45, 7) is 0. The third kappa shape index (κ3) is 2.64. The van der Waals surface area contributed by atoms with Crippen molar-refractivity contribution in [3.05, 3.63) is 71.3 Å². The number of nitrogens with zero attached hydrogens (tertiary/aromatic N) is 2. The molecule has 2 nitrogen and oxygen atoms in total. The Labute approximate surface area is 106 Å². The number of allylic oxidation sites excluding steroid dienone is 1. The molecule has 18 heavy (non-hydrogen) atoms. The van der Waals surface area contributed by atoms with Crippen LogP contribution in [0.5, 0.6) is 0 Å². The zero-order valence-corrected chi connectivity index (χ0v) is 9.67. The summed E-state index contributed by atoms with van der Waals surface area (Å²) in [7, 11) is 0. The lowest BCUT2D eigenvalue weighted by atomic mass is 10.0. The number of hydrogen-bond acceptors (Lipinski definition) is 2. The van der Waals surface area contributed by atoms with Crippen LogP contribution in [0.1, 0.15) is 16.7 Å². The van der Waals surface area contributed by atoms with Gasteiger partial charge in [0.05, 0.1) is 23.3 Å². The van der Waals surface area contributed by atoms with Gasteiger partial charge in [0.1, 0.15) is 0 Å². The Morgan fingerprint density at radius 3 is 2.39 bits per heavy atom. The van der Waals surface area contributed by atoms with E-state index in [0.717, 1.165) is 11.1 Å². The van der Waals surface area contributed by atoms with Gasteiger partial charge in [0, 0.05) is 0 Å². The fourth-order valence-electron chi connectivity index (χ4n) is 1.65. The minimum absolute atomic E-state index is 0.554. The van der Waals surface area contributed by atoms with E-state index in [4.69, 9.17) is 5.26 Å². The van der Waals surface area contributed by atoms with Crippen LogP contribution in [0.2, 0.25) is 0 Å². The van der Waals surface area contributed by atoms with E-state index in [1.165, 1.54) is 0 Å². The highest BCUT2D eigenvalue weighted by Gasteiger charge is 2.01. The van der Waals surface area contributed by atoms with Crippen LogP contribution in [-0.4, -0.2) is 0 Å². The molecule has 0 radical (unpaired) electrons. The van der Waals surface area contributed by atoms with Crippen LogP contribution in [-0.2, 0) is 0 Å². The summed E-state index contributed by atoms with van der Waals surface area (Å²) in [6, 6.07) is 20.9. The van der Waals surface area contributed by atoms with Crippen LogP contribution >= 0.6 is 0 Å². The number of nitriles is 2. The largest absolute Gasteiger partial charge is 0.192 e. The zero-order valence-electron chi connectivity index (χ0n) is 9.67. The molecule has 0 spiro atoms. The first kappa shape index (κ1) is 11.6.